The average molecular weight is 328 g/mol. The zero-order chi connectivity index (χ0) is 13.5. The van der Waals surface area contributed by atoms with E-state index in [1.165, 1.54) is 18.9 Å². The van der Waals surface area contributed by atoms with E-state index in [2.05, 4.69) is 31.0 Å². The normalized spacial score (nSPS) is 10.7. The van der Waals surface area contributed by atoms with Crippen LogP contribution in [0, 0.1) is 11.5 Å². The van der Waals surface area contributed by atoms with E-state index in [-0.39, 0.29) is 0 Å². The largest absolute Gasteiger partial charge is 0.465 e. The highest BCUT2D eigenvalue weighted by Gasteiger charge is 2.12. The number of thioether (sulfide) groups is 1. The minimum absolute atomic E-state index is 0.332. The van der Waals surface area contributed by atoms with Crippen molar-refractivity contribution in [1.82, 2.24) is 5.32 Å². The number of nitrogens with one attached hydrogen (secondary N) is 1. The lowest BCUT2D eigenvalue weighted by Crippen LogP contribution is -2.13. The van der Waals surface area contributed by atoms with E-state index in [9.17, 15) is 4.79 Å². The van der Waals surface area contributed by atoms with Crippen molar-refractivity contribution in [2.45, 2.75) is 0 Å². The van der Waals surface area contributed by atoms with E-state index in [1.54, 1.807) is 30.6 Å². The number of aliphatic imine (C=N–C) groups is 1. The number of hydrogen-bond donors (Lipinski definition) is 1. The van der Waals surface area contributed by atoms with Crippen LogP contribution in [0.1, 0.15) is 10.4 Å². The third kappa shape index (κ3) is 3.75. The molecule has 1 aromatic rings. The predicted octanol–water partition coefficient (Wildman–Crippen LogP) is 2.66. The van der Waals surface area contributed by atoms with Gasteiger partial charge in [0, 0.05) is 4.47 Å². The maximum atomic E-state index is 11.6. The molecule has 7 heteroatoms. The summed E-state index contributed by atoms with van der Waals surface area (Å²) in [6, 6.07) is 5.05. The summed E-state index contributed by atoms with van der Waals surface area (Å²) in [7, 11) is 1.31. The van der Waals surface area contributed by atoms with Gasteiger partial charge in [-0.3, -0.25) is 5.32 Å². The van der Waals surface area contributed by atoms with E-state index in [1.807, 2.05) is 0 Å². The van der Waals surface area contributed by atoms with Crippen molar-refractivity contribution in [3.8, 4) is 6.19 Å². The Hall–Kier alpha value is -1.52. The van der Waals surface area contributed by atoms with Crippen LogP contribution in [0.3, 0.4) is 0 Å². The van der Waals surface area contributed by atoms with E-state index >= 15 is 0 Å². The van der Waals surface area contributed by atoms with E-state index < -0.39 is 5.97 Å². The number of methoxy groups -OCH3 is 1. The highest BCUT2D eigenvalue weighted by molar-refractivity contribution is 9.10. The van der Waals surface area contributed by atoms with Crippen molar-refractivity contribution in [3.05, 3.63) is 28.2 Å². The molecule has 0 saturated carbocycles. The van der Waals surface area contributed by atoms with Crippen molar-refractivity contribution in [2.24, 2.45) is 4.99 Å². The molecule has 0 saturated heterocycles. The molecule has 0 atom stereocenters. The molecule has 5 nitrogen and oxygen atoms in total. The van der Waals surface area contributed by atoms with Crippen LogP contribution in [0.5, 0.6) is 0 Å². The maximum Gasteiger partial charge on any atom is 0.340 e. The van der Waals surface area contributed by atoms with Crippen molar-refractivity contribution < 1.29 is 9.53 Å². The van der Waals surface area contributed by atoms with Gasteiger partial charge in [-0.1, -0.05) is 27.7 Å². The zero-order valence-corrected chi connectivity index (χ0v) is 12.1. The predicted molar refractivity (Wildman–Crippen MR) is 74.8 cm³/mol. The van der Waals surface area contributed by atoms with Gasteiger partial charge < -0.3 is 4.74 Å². The van der Waals surface area contributed by atoms with Crippen LogP contribution in [-0.4, -0.2) is 24.5 Å². The lowest BCUT2D eigenvalue weighted by atomic mass is 10.2. The topological polar surface area (TPSA) is 74.5 Å². The molecule has 1 aromatic carbocycles. The number of nitrogens with zero attached hydrogens (tertiary/aromatic N) is 2. The lowest BCUT2D eigenvalue weighted by Gasteiger charge is -2.06. The molecule has 0 aliphatic carbocycles. The second kappa shape index (κ2) is 7.03. The van der Waals surface area contributed by atoms with Gasteiger partial charge in [0.25, 0.3) is 0 Å². The molecule has 94 valence electrons. The van der Waals surface area contributed by atoms with Gasteiger partial charge >= 0.3 is 5.97 Å². The number of hydrogen-bond acceptors (Lipinski definition) is 5. The van der Waals surface area contributed by atoms with Crippen molar-refractivity contribution in [2.75, 3.05) is 13.4 Å². The first-order valence-electron chi connectivity index (χ1n) is 4.78. The number of carbonyl (C=O) groups is 1. The quantitative estimate of drug-likeness (QED) is 0.297. The fraction of sp³-hybridized carbons (Fsp3) is 0.182. The third-order valence-electron chi connectivity index (χ3n) is 1.94. The Morgan fingerprint density at radius 3 is 2.89 bits per heavy atom. The molecule has 1 N–H and O–H groups in total. The van der Waals surface area contributed by atoms with E-state index in [0.29, 0.717) is 16.4 Å². The molecule has 0 spiro atoms. The summed E-state index contributed by atoms with van der Waals surface area (Å²) in [6.07, 6.45) is 3.56. The van der Waals surface area contributed by atoms with Crippen LogP contribution in [0.2, 0.25) is 0 Å². The molecule has 0 fully saturated rings. The SMILES string of the molecule is COC(=O)c1cc(Br)ccc1N=C(NC#N)SC. The van der Waals surface area contributed by atoms with Gasteiger partial charge in [0.05, 0.1) is 18.4 Å². The molecule has 0 aromatic heterocycles. The van der Waals surface area contributed by atoms with Crippen LogP contribution in [0.4, 0.5) is 5.69 Å². The number of ether oxygens (including phenoxy) is 1. The summed E-state index contributed by atoms with van der Waals surface area (Å²) in [4.78, 5) is 15.8. The average Bonchev–Trinajstić information content (AvgIpc) is 2.39. The van der Waals surface area contributed by atoms with Gasteiger partial charge in [-0.2, -0.15) is 5.26 Å². The molecule has 0 bridgehead atoms. The summed E-state index contributed by atoms with van der Waals surface area (Å²) < 4.78 is 5.44. The molecular formula is C11H10BrN3O2S. The monoisotopic (exact) mass is 327 g/mol. The van der Waals surface area contributed by atoms with Crippen LogP contribution >= 0.6 is 27.7 Å². The summed E-state index contributed by atoms with van der Waals surface area (Å²) >= 11 is 4.55. The summed E-state index contributed by atoms with van der Waals surface area (Å²) in [5.74, 6) is -0.479. The molecule has 0 radical (unpaired) electrons. The van der Waals surface area contributed by atoms with Gasteiger partial charge in [-0.15, -0.1) is 0 Å². The van der Waals surface area contributed by atoms with Crippen molar-refractivity contribution >= 4 is 44.5 Å². The highest BCUT2D eigenvalue weighted by atomic mass is 79.9. The second-order valence-electron chi connectivity index (χ2n) is 3.01. The number of carbonyl (C=O) groups excluding carboxylic acids is 1. The zero-order valence-electron chi connectivity index (χ0n) is 9.73. The Labute approximate surface area is 117 Å². The first kappa shape index (κ1) is 14.5. The number of halogens is 1. The van der Waals surface area contributed by atoms with Crippen LogP contribution in [-0.2, 0) is 4.74 Å². The minimum Gasteiger partial charge on any atom is -0.465 e. The molecule has 0 aliphatic rings. The molecule has 0 amide bonds. The Morgan fingerprint density at radius 2 is 2.33 bits per heavy atom. The first-order chi connectivity index (χ1) is 8.62. The van der Waals surface area contributed by atoms with Crippen LogP contribution < -0.4 is 5.32 Å². The maximum absolute atomic E-state index is 11.6. The molecule has 0 heterocycles. The minimum atomic E-state index is -0.479. The van der Waals surface area contributed by atoms with Gasteiger partial charge in [-0.05, 0) is 24.5 Å². The fourth-order valence-corrected chi connectivity index (χ4v) is 1.86. The third-order valence-corrected chi connectivity index (χ3v) is 3.02. The number of amidine groups is 1. The number of rotatable bonds is 2. The molecule has 0 unspecified atom stereocenters. The number of benzene rings is 1. The van der Waals surface area contributed by atoms with Crippen molar-refractivity contribution in [3.63, 3.8) is 0 Å². The Kier molecular flexibility index (Phi) is 5.68. The van der Waals surface area contributed by atoms with E-state index in [0.717, 1.165) is 4.47 Å². The molecule has 18 heavy (non-hydrogen) atoms. The first-order valence-corrected chi connectivity index (χ1v) is 6.79. The summed E-state index contributed by atoms with van der Waals surface area (Å²) in [5.41, 5.74) is 0.773. The summed E-state index contributed by atoms with van der Waals surface area (Å²) in [5, 5.41) is 11.4. The van der Waals surface area contributed by atoms with Gasteiger partial charge in [0.2, 0.25) is 0 Å². The van der Waals surface area contributed by atoms with Gasteiger partial charge in [0.1, 0.15) is 0 Å². The Balaban J connectivity index is 3.23. The Morgan fingerprint density at radius 1 is 1.61 bits per heavy atom. The molecular weight excluding hydrogens is 318 g/mol. The van der Waals surface area contributed by atoms with Gasteiger partial charge in [-0.25, -0.2) is 9.79 Å². The molecule has 0 aliphatic heterocycles. The number of nitriles is 1. The lowest BCUT2D eigenvalue weighted by molar-refractivity contribution is 0.0601. The van der Waals surface area contributed by atoms with Gasteiger partial charge in [0.15, 0.2) is 11.4 Å². The van der Waals surface area contributed by atoms with Crippen LogP contribution in [0.25, 0.3) is 0 Å². The smallest absolute Gasteiger partial charge is 0.340 e. The summed E-state index contributed by atoms with van der Waals surface area (Å²) in [6.45, 7) is 0. The fourth-order valence-electron chi connectivity index (χ4n) is 1.16. The van der Waals surface area contributed by atoms with E-state index in [4.69, 9.17) is 5.26 Å². The highest BCUT2D eigenvalue weighted by Crippen LogP contribution is 2.25. The molecule has 1 rings (SSSR count). The Bertz CT molecular complexity index is 526. The standard InChI is InChI=1S/C11H10BrN3O2S/c1-17-10(16)8-5-7(12)3-4-9(8)15-11(18-2)14-6-13/h3-5H,1-2H3,(H,14,15). The second-order valence-corrected chi connectivity index (χ2v) is 4.72. The number of esters is 1. The van der Waals surface area contributed by atoms with Crippen molar-refractivity contribution in [1.29, 1.82) is 5.26 Å². The van der Waals surface area contributed by atoms with Crippen LogP contribution in [0.15, 0.2) is 27.7 Å².